The van der Waals surface area contributed by atoms with E-state index in [4.69, 9.17) is 46.4 Å². The summed E-state index contributed by atoms with van der Waals surface area (Å²) in [5.74, 6) is 0. The van der Waals surface area contributed by atoms with Crippen LogP contribution in [0.15, 0.2) is 36.4 Å². The van der Waals surface area contributed by atoms with Crippen molar-refractivity contribution in [3.05, 3.63) is 68.2 Å². The average molecular weight is 334 g/mol. The zero-order valence-electron chi connectivity index (χ0n) is 10.3. The van der Waals surface area contributed by atoms with Crippen LogP contribution in [0.1, 0.15) is 22.1 Å². The van der Waals surface area contributed by atoms with E-state index in [9.17, 15) is 0 Å². The first-order chi connectivity index (χ1) is 8.97. The summed E-state index contributed by atoms with van der Waals surface area (Å²) >= 11 is 24.3. The molecule has 0 aromatic heterocycles. The standard InChI is InChI=1S/C15H12Cl4/c1-9-6-11(3-5-12(9)16)14(18)7-10-2-4-13(17)15(19)8-10/h2-6,8,14H,7H2,1H3. The van der Waals surface area contributed by atoms with E-state index in [-0.39, 0.29) is 5.38 Å². The first-order valence-electron chi connectivity index (χ1n) is 5.81. The van der Waals surface area contributed by atoms with Crippen LogP contribution in [0.25, 0.3) is 0 Å². The maximum atomic E-state index is 6.44. The van der Waals surface area contributed by atoms with E-state index in [0.717, 1.165) is 21.7 Å². The van der Waals surface area contributed by atoms with Crippen LogP contribution >= 0.6 is 46.4 Å². The molecule has 0 radical (unpaired) electrons. The van der Waals surface area contributed by atoms with Crippen LogP contribution in [0, 0.1) is 6.92 Å². The van der Waals surface area contributed by atoms with Gasteiger partial charge in [-0.3, -0.25) is 0 Å². The van der Waals surface area contributed by atoms with E-state index in [0.29, 0.717) is 16.5 Å². The molecule has 100 valence electrons. The zero-order chi connectivity index (χ0) is 14.0. The minimum atomic E-state index is -0.117. The summed E-state index contributed by atoms with van der Waals surface area (Å²) in [6.45, 7) is 1.97. The first-order valence-corrected chi connectivity index (χ1v) is 7.38. The molecule has 19 heavy (non-hydrogen) atoms. The molecule has 0 heterocycles. The molecule has 0 saturated heterocycles. The highest BCUT2D eigenvalue weighted by molar-refractivity contribution is 6.42. The van der Waals surface area contributed by atoms with Crippen molar-refractivity contribution < 1.29 is 0 Å². The van der Waals surface area contributed by atoms with Crippen LogP contribution in [0.3, 0.4) is 0 Å². The number of hydrogen-bond acceptors (Lipinski definition) is 0. The van der Waals surface area contributed by atoms with Crippen molar-refractivity contribution in [2.24, 2.45) is 0 Å². The van der Waals surface area contributed by atoms with Gasteiger partial charge in [-0.05, 0) is 48.2 Å². The van der Waals surface area contributed by atoms with Crippen molar-refractivity contribution >= 4 is 46.4 Å². The predicted octanol–water partition coefficient (Wildman–Crippen LogP) is 6.48. The molecule has 2 aromatic carbocycles. The summed E-state index contributed by atoms with van der Waals surface area (Å²) in [5.41, 5.74) is 3.13. The minimum Gasteiger partial charge on any atom is -0.117 e. The highest BCUT2D eigenvalue weighted by Crippen LogP contribution is 2.30. The van der Waals surface area contributed by atoms with E-state index in [1.54, 1.807) is 6.07 Å². The fourth-order valence-corrected chi connectivity index (χ4v) is 2.61. The SMILES string of the molecule is Cc1cc(C(Cl)Cc2ccc(Cl)c(Cl)c2)ccc1Cl. The van der Waals surface area contributed by atoms with Crippen molar-refractivity contribution in [3.63, 3.8) is 0 Å². The lowest BCUT2D eigenvalue weighted by molar-refractivity contribution is 0.918. The Hall–Kier alpha value is -0.400. The minimum absolute atomic E-state index is 0.117. The van der Waals surface area contributed by atoms with E-state index < -0.39 is 0 Å². The van der Waals surface area contributed by atoms with Crippen molar-refractivity contribution in [1.82, 2.24) is 0 Å². The summed E-state index contributed by atoms with van der Waals surface area (Å²) < 4.78 is 0. The van der Waals surface area contributed by atoms with Crippen molar-refractivity contribution in [3.8, 4) is 0 Å². The molecule has 2 rings (SSSR count). The molecule has 0 N–H and O–H groups in total. The molecule has 0 spiro atoms. The monoisotopic (exact) mass is 332 g/mol. The molecule has 0 aliphatic heterocycles. The third-order valence-electron chi connectivity index (χ3n) is 2.94. The summed E-state index contributed by atoms with van der Waals surface area (Å²) in [6, 6.07) is 11.4. The second-order valence-electron chi connectivity index (χ2n) is 4.43. The van der Waals surface area contributed by atoms with E-state index >= 15 is 0 Å². The molecule has 0 amide bonds. The fraction of sp³-hybridized carbons (Fsp3) is 0.200. The maximum absolute atomic E-state index is 6.44. The Bertz CT molecular complexity index is 593. The lowest BCUT2D eigenvalue weighted by Crippen LogP contribution is -1.96. The lowest BCUT2D eigenvalue weighted by atomic mass is 10.0. The molecule has 0 bridgehead atoms. The van der Waals surface area contributed by atoms with Crippen LogP contribution in [0.2, 0.25) is 15.1 Å². The highest BCUT2D eigenvalue weighted by Gasteiger charge is 2.11. The van der Waals surface area contributed by atoms with E-state index in [2.05, 4.69) is 0 Å². The normalized spacial score (nSPS) is 12.5. The Morgan fingerprint density at radius 2 is 1.58 bits per heavy atom. The van der Waals surface area contributed by atoms with Gasteiger partial charge in [0.2, 0.25) is 0 Å². The number of hydrogen-bond donors (Lipinski definition) is 0. The molecular formula is C15H12Cl4. The molecule has 0 nitrogen and oxygen atoms in total. The second kappa shape index (κ2) is 6.37. The molecule has 0 fully saturated rings. The number of aryl methyl sites for hydroxylation is 1. The van der Waals surface area contributed by atoms with Crippen molar-refractivity contribution in [2.75, 3.05) is 0 Å². The highest BCUT2D eigenvalue weighted by atomic mass is 35.5. The number of rotatable bonds is 3. The van der Waals surface area contributed by atoms with Gasteiger partial charge in [0.05, 0.1) is 15.4 Å². The third kappa shape index (κ3) is 3.79. The number of benzene rings is 2. The van der Waals surface area contributed by atoms with Crippen molar-refractivity contribution in [1.29, 1.82) is 0 Å². The second-order valence-corrected chi connectivity index (χ2v) is 6.18. The Kier molecular flexibility index (Phi) is 5.03. The predicted molar refractivity (Wildman–Crippen MR) is 84.9 cm³/mol. The number of halogens is 4. The van der Waals surface area contributed by atoms with Gasteiger partial charge >= 0.3 is 0 Å². The van der Waals surface area contributed by atoms with Crippen LogP contribution in [0.5, 0.6) is 0 Å². The first kappa shape index (κ1) is 15.0. The maximum Gasteiger partial charge on any atom is 0.0625 e. The zero-order valence-corrected chi connectivity index (χ0v) is 13.3. The average Bonchev–Trinajstić information content (AvgIpc) is 2.37. The van der Waals surface area contributed by atoms with Gasteiger partial charge in [-0.1, -0.05) is 53.0 Å². The van der Waals surface area contributed by atoms with Crippen LogP contribution < -0.4 is 0 Å². The lowest BCUT2D eigenvalue weighted by Gasteiger charge is -2.12. The molecular weight excluding hydrogens is 322 g/mol. The Labute approximate surface area is 133 Å². The third-order valence-corrected chi connectivity index (χ3v) is 4.51. The van der Waals surface area contributed by atoms with Gasteiger partial charge in [-0.25, -0.2) is 0 Å². The molecule has 0 aliphatic carbocycles. The van der Waals surface area contributed by atoms with Gasteiger partial charge in [-0.2, -0.15) is 0 Å². The molecule has 4 heteroatoms. The molecule has 0 saturated carbocycles. The Morgan fingerprint density at radius 1 is 0.895 bits per heavy atom. The van der Waals surface area contributed by atoms with Gasteiger partial charge in [0.15, 0.2) is 0 Å². The largest absolute Gasteiger partial charge is 0.117 e. The Morgan fingerprint density at radius 3 is 2.21 bits per heavy atom. The summed E-state index contributed by atoms with van der Waals surface area (Å²) in [4.78, 5) is 0. The van der Waals surface area contributed by atoms with Gasteiger partial charge in [0.1, 0.15) is 0 Å². The van der Waals surface area contributed by atoms with Crippen LogP contribution in [-0.2, 0) is 6.42 Å². The summed E-state index contributed by atoms with van der Waals surface area (Å²) in [6.07, 6.45) is 0.694. The fourth-order valence-electron chi connectivity index (χ4n) is 1.85. The topological polar surface area (TPSA) is 0 Å². The molecule has 2 aromatic rings. The van der Waals surface area contributed by atoms with Crippen LogP contribution in [-0.4, -0.2) is 0 Å². The smallest absolute Gasteiger partial charge is 0.0625 e. The number of alkyl halides is 1. The van der Waals surface area contributed by atoms with Gasteiger partial charge in [0.25, 0.3) is 0 Å². The van der Waals surface area contributed by atoms with Crippen molar-refractivity contribution in [2.45, 2.75) is 18.7 Å². The molecule has 1 unspecified atom stereocenters. The quantitative estimate of drug-likeness (QED) is 0.564. The van der Waals surface area contributed by atoms with Gasteiger partial charge < -0.3 is 0 Å². The molecule has 0 aliphatic rings. The van der Waals surface area contributed by atoms with Gasteiger partial charge in [0, 0.05) is 5.02 Å². The molecule has 1 atom stereocenters. The Balaban J connectivity index is 2.17. The van der Waals surface area contributed by atoms with Crippen LogP contribution in [0.4, 0.5) is 0 Å². The summed E-state index contributed by atoms with van der Waals surface area (Å²) in [7, 11) is 0. The van der Waals surface area contributed by atoms with E-state index in [1.807, 2.05) is 37.3 Å². The summed E-state index contributed by atoms with van der Waals surface area (Å²) in [5, 5.41) is 1.74. The van der Waals surface area contributed by atoms with Gasteiger partial charge in [-0.15, -0.1) is 11.6 Å². The van der Waals surface area contributed by atoms with E-state index in [1.165, 1.54) is 0 Å².